The molecule has 0 unspecified atom stereocenters. The van der Waals surface area contributed by atoms with Crippen molar-refractivity contribution in [3.8, 4) is 0 Å². The van der Waals surface area contributed by atoms with E-state index in [0.717, 1.165) is 17.6 Å². The molecule has 0 aliphatic heterocycles. The minimum Gasteiger partial charge on any atom is -0.395 e. The van der Waals surface area contributed by atoms with Crippen molar-refractivity contribution in [3.63, 3.8) is 0 Å². The minimum atomic E-state index is -0.318. The fourth-order valence-corrected chi connectivity index (χ4v) is 2.50. The molecule has 2 amide bonds. The number of benzene rings is 1. The van der Waals surface area contributed by atoms with Crippen LogP contribution < -0.4 is 10.6 Å². The van der Waals surface area contributed by atoms with Crippen LogP contribution in [0.1, 0.15) is 32.8 Å². The molecule has 0 saturated heterocycles. The number of carbonyl (C=O) groups is 2. The lowest BCUT2D eigenvalue weighted by Gasteiger charge is -2.11. The number of carbonyl (C=O) groups excluding carboxylic acids is 2. The Hall–Kier alpha value is -2.66. The van der Waals surface area contributed by atoms with Gasteiger partial charge in [-0.3, -0.25) is 9.59 Å². The summed E-state index contributed by atoms with van der Waals surface area (Å²) in [4.78, 5) is 24.4. The molecule has 0 heterocycles. The molecule has 1 aromatic rings. The topological polar surface area (TPSA) is 78.4 Å². The highest BCUT2D eigenvalue weighted by Crippen LogP contribution is 2.19. The Balaban J connectivity index is 3.33. The Kier molecular flexibility index (Phi) is 9.83. The van der Waals surface area contributed by atoms with E-state index in [0.29, 0.717) is 17.6 Å². The monoisotopic (exact) mass is 370 g/mol. The van der Waals surface area contributed by atoms with E-state index < -0.39 is 0 Å². The van der Waals surface area contributed by atoms with E-state index in [1.165, 1.54) is 5.57 Å². The third-order valence-electron chi connectivity index (χ3n) is 4.26. The largest absolute Gasteiger partial charge is 0.395 e. The molecule has 1 aromatic carbocycles. The zero-order valence-electron chi connectivity index (χ0n) is 16.6. The van der Waals surface area contributed by atoms with Gasteiger partial charge in [-0.25, -0.2) is 0 Å². The first-order valence-electron chi connectivity index (χ1n) is 9.16. The zero-order chi connectivity index (χ0) is 20.2. The molecule has 0 atom stereocenters. The maximum Gasteiger partial charge on any atom is 0.251 e. The van der Waals surface area contributed by atoms with E-state index in [-0.39, 0.29) is 25.0 Å². The van der Waals surface area contributed by atoms with Crippen LogP contribution in [0.4, 0.5) is 0 Å². The number of nitrogens with one attached hydrogen (secondary N) is 2. The summed E-state index contributed by atoms with van der Waals surface area (Å²) in [6, 6.07) is 10.0. The molecule has 0 bridgehead atoms. The van der Waals surface area contributed by atoms with Gasteiger partial charge in [0.1, 0.15) is 0 Å². The van der Waals surface area contributed by atoms with Crippen molar-refractivity contribution in [2.24, 2.45) is 0 Å². The normalized spacial score (nSPS) is 13.1. The van der Waals surface area contributed by atoms with Gasteiger partial charge in [-0.2, -0.15) is 0 Å². The molecular formula is C22H30N2O3. The van der Waals surface area contributed by atoms with Gasteiger partial charge in [-0.05, 0) is 50.0 Å². The summed E-state index contributed by atoms with van der Waals surface area (Å²) in [5.41, 5.74) is 4.20. The summed E-state index contributed by atoms with van der Waals surface area (Å²) < 4.78 is 0. The molecule has 27 heavy (non-hydrogen) atoms. The predicted octanol–water partition coefficient (Wildman–Crippen LogP) is 2.68. The third kappa shape index (κ3) is 7.62. The molecule has 0 saturated carbocycles. The van der Waals surface area contributed by atoms with Crippen LogP contribution in [0.25, 0.3) is 0 Å². The van der Waals surface area contributed by atoms with Crippen LogP contribution in [-0.4, -0.2) is 37.1 Å². The Labute approximate surface area is 161 Å². The van der Waals surface area contributed by atoms with Crippen LogP contribution in [0.2, 0.25) is 0 Å². The maximum absolute atomic E-state index is 12.6. The van der Waals surface area contributed by atoms with Crippen LogP contribution in [-0.2, 0) is 16.0 Å². The standard InChI is InChI=1S/C22H30N2O3/c1-5-16(2)19(14-18-9-7-6-8-10-18)15-20(22(27)24-11-12-25)13-17(3)21(26)23-4/h6-10,13,15,25H,5,11-12,14H2,1-4H3,(H,23,26)(H,24,27)/b17-13+,19-16+,20-15+. The van der Waals surface area contributed by atoms with E-state index >= 15 is 0 Å². The summed E-state index contributed by atoms with van der Waals surface area (Å²) in [6.07, 6.45) is 4.98. The van der Waals surface area contributed by atoms with Gasteiger partial charge in [0.05, 0.1) is 6.61 Å². The first-order valence-corrected chi connectivity index (χ1v) is 9.16. The van der Waals surface area contributed by atoms with Gasteiger partial charge in [0.25, 0.3) is 5.91 Å². The molecule has 1 rings (SSSR count). The number of hydrogen-bond donors (Lipinski definition) is 3. The van der Waals surface area contributed by atoms with Crippen molar-refractivity contribution >= 4 is 11.8 Å². The van der Waals surface area contributed by atoms with E-state index in [9.17, 15) is 9.59 Å². The highest BCUT2D eigenvalue weighted by molar-refractivity contribution is 6.00. The molecule has 5 nitrogen and oxygen atoms in total. The minimum absolute atomic E-state index is 0.141. The highest BCUT2D eigenvalue weighted by Gasteiger charge is 2.12. The van der Waals surface area contributed by atoms with Gasteiger partial charge in [0, 0.05) is 24.7 Å². The summed E-state index contributed by atoms with van der Waals surface area (Å²) in [7, 11) is 1.55. The summed E-state index contributed by atoms with van der Waals surface area (Å²) in [5, 5.41) is 14.2. The summed E-state index contributed by atoms with van der Waals surface area (Å²) in [6.45, 7) is 5.81. The SMILES string of the molecule is CC/C(C)=C(/C=C(\C=C(/C)C(=O)NC)C(=O)NCCO)Cc1ccccc1. The van der Waals surface area contributed by atoms with Crippen molar-refractivity contribution in [3.05, 3.63) is 70.3 Å². The molecule has 0 aromatic heterocycles. The van der Waals surface area contributed by atoms with Gasteiger partial charge in [-0.15, -0.1) is 0 Å². The molecule has 3 N–H and O–H groups in total. The number of hydrogen-bond acceptors (Lipinski definition) is 3. The van der Waals surface area contributed by atoms with E-state index in [4.69, 9.17) is 5.11 Å². The molecule has 0 aliphatic carbocycles. The number of amides is 2. The molecule has 0 spiro atoms. The summed E-state index contributed by atoms with van der Waals surface area (Å²) in [5.74, 6) is -0.557. The molecule has 5 heteroatoms. The number of likely N-dealkylation sites (N-methyl/N-ethyl adjacent to an activating group) is 1. The van der Waals surface area contributed by atoms with Crippen molar-refractivity contribution < 1.29 is 14.7 Å². The lowest BCUT2D eigenvalue weighted by Crippen LogP contribution is -2.28. The highest BCUT2D eigenvalue weighted by atomic mass is 16.3. The van der Waals surface area contributed by atoms with Crippen LogP contribution in [0.5, 0.6) is 0 Å². The second-order valence-corrected chi connectivity index (χ2v) is 6.31. The average molecular weight is 370 g/mol. The Bertz CT molecular complexity index is 731. The summed E-state index contributed by atoms with van der Waals surface area (Å²) >= 11 is 0. The fraction of sp³-hybridized carbons (Fsp3) is 0.364. The van der Waals surface area contributed by atoms with Crippen LogP contribution in [0.3, 0.4) is 0 Å². The van der Waals surface area contributed by atoms with Crippen molar-refractivity contribution in [1.29, 1.82) is 0 Å². The Morgan fingerprint density at radius 1 is 1.07 bits per heavy atom. The molecule has 0 aliphatic rings. The Morgan fingerprint density at radius 3 is 2.30 bits per heavy atom. The third-order valence-corrected chi connectivity index (χ3v) is 4.26. The van der Waals surface area contributed by atoms with Gasteiger partial charge < -0.3 is 15.7 Å². The van der Waals surface area contributed by atoms with Crippen molar-refractivity contribution in [2.45, 2.75) is 33.6 Å². The first-order chi connectivity index (χ1) is 12.9. The number of allylic oxidation sites excluding steroid dienone is 3. The van der Waals surface area contributed by atoms with E-state index in [1.807, 2.05) is 43.3 Å². The smallest absolute Gasteiger partial charge is 0.251 e. The lowest BCUT2D eigenvalue weighted by atomic mass is 9.96. The fourth-order valence-electron chi connectivity index (χ4n) is 2.50. The lowest BCUT2D eigenvalue weighted by molar-refractivity contribution is -0.117. The molecule has 0 fully saturated rings. The van der Waals surface area contributed by atoms with Crippen LogP contribution >= 0.6 is 0 Å². The maximum atomic E-state index is 12.6. The van der Waals surface area contributed by atoms with Crippen molar-refractivity contribution in [1.82, 2.24) is 10.6 Å². The predicted molar refractivity (Wildman–Crippen MR) is 109 cm³/mol. The molecule has 0 radical (unpaired) electrons. The second kappa shape index (κ2) is 11.9. The van der Waals surface area contributed by atoms with Crippen LogP contribution in [0.15, 0.2) is 64.8 Å². The quantitative estimate of drug-likeness (QED) is 0.462. The number of rotatable bonds is 9. The van der Waals surface area contributed by atoms with Gasteiger partial charge in [-0.1, -0.05) is 42.8 Å². The molecular weight excluding hydrogens is 340 g/mol. The first kappa shape index (κ1) is 22.4. The zero-order valence-corrected chi connectivity index (χ0v) is 16.6. The average Bonchev–Trinajstić information content (AvgIpc) is 2.70. The Morgan fingerprint density at radius 2 is 1.74 bits per heavy atom. The van der Waals surface area contributed by atoms with Crippen molar-refractivity contribution in [2.75, 3.05) is 20.2 Å². The van der Waals surface area contributed by atoms with E-state index in [1.54, 1.807) is 20.0 Å². The van der Waals surface area contributed by atoms with Gasteiger partial charge in [0.15, 0.2) is 0 Å². The number of aliphatic hydroxyl groups is 1. The van der Waals surface area contributed by atoms with Crippen LogP contribution in [0, 0.1) is 0 Å². The number of aliphatic hydroxyl groups excluding tert-OH is 1. The van der Waals surface area contributed by atoms with Gasteiger partial charge in [0.2, 0.25) is 5.91 Å². The van der Waals surface area contributed by atoms with E-state index in [2.05, 4.69) is 17.6 Å². The molecule has 146 valence electrons. The second-order valence-electron chi connectivity index (χ2n) is 6.31. The van der Waals surface area contributed by atoms with Gasteiger partial charge >= 0.3 is 0 Å².